The van der Waals surface area contributed by atoms with Gasteiger partial charge in [-0.15, -0.1) is 0 Å². The van der Waals surface area contributed by atoms with Crippen molar-refractivity contribution >= 4 is 35.2 Å². The maximum Gasteiger partial charge on any atom is 0.261 e. The number of nitrogens with one attached hydrogen (secondary N) is 1. The highest BCUT2D eigenvalue weighted by Crippen LogP contribution is 2.23. The number of carbonyl (C=O) groups is 1. The fourth-order valence-electron chi connectivity index (χ4n) is 1.40. The zero-order valence-electron chi connectivity index (χ0n) is 10.5. The largest absolute Gasteiger partial charge is 0.351 e. The molecule has 19 heavy (non-hydrogen) atoms. The van der Waals surface area contributed by atoms with Crippen LogP contribution in [0.1, 0.15) is 25.3 Å². The van der Waals surface area contributed by atoms with Gasteiger partial charge in [-0.05, 0) is 30.2 Å². The monoisotopic (exact) mass is 296 g/mol. The van der Waals surface area contributed by atoms with Gasteiger partial charge in [0.05, 0.1) is 0 Å². The Labute approximate surface area is 122 Å². The zero-order chi connectivity index (χ0) is 14.3. The van der Waals surface area contributed by atoms with E-state index >= 15 is 0 Å². The van der Waals surface area contributed by atoms with Crippen LogP contribution in [-0.4, -0.2) is 12.5 Å². The molecule has 0 spiro atoms. The summed E-state index contributed by atoms with van der Waals surface area (Å²) in [6.07, 6.45) is 3.32. The summed E-state index contributed by atoms with van der Waals surface area (Å²) in [5.74, 6) is -0.387. The number of hydrogen-bond donors (Lipinski definition) is 1. The molecule has 0 aliphatic carbocycles. The fraction of sp³-hybridized carbons (Fsp3) is 0.286. The third-order valence-corrected chi connectivity index (χ3v) is 3.01. The van der Waals surface area contributed by atoms with Crippen molar-refractivity contribution in [1.29, 1.82) is 5.26 Å². The smallest absolute Gasteiger partial charge is 0.261 e. The Balaban J connectivity index is 2.87. The van der Waals surface area contributed by atoms with Gasteiger partial charge in [0.25, 0.3) is 5.91 Å². The fourth-order valence-corrected chi connectivity index (χ4v) is 1.86. The topological polar surface area (TPSA) is 52.9 Å². The van der Waals surface area contributed by atoms with Crippen LogP contribution < -0.4 is 5.32 Å². The van der Waals surface area contributed by atoms with Gasteiger partial charge in [-0.3, -0.25) is 4.79 Å². The molecule has 1 rings (SSSR count). The summed E-state index contributed by atoms with van der Waals surface area (Å²) in [6.45, 7) is 2.59. The summed E-state index contributed by atoms with van der Waals surface area (Å²) in [4.78, 5) is 11.8. The van der Waals surface area contributed by atoms with Gasteiger partial charge in [-0.1, -0.05) is 42.6 Å². The lowest BCUT2D eigenvalue weighted by molar-refractivity contribution is -0.117. The number of unbranched alkanes of at least 4 members (excludes halogenated alkanes) is 1. The number of carbonyl (C=O) groups excluding carboxylic acids is 1. The van der Waals surface area contributed by atoms with Crippen molar-refractivity contribution < 1.29 is 4.79 Å². The van der Waals surface area contributed by atoms with Gasteiger partial charge < -0.3 is 5.32 Å². The Morgan fingerprint density at radius 3 is 2.79 bits per heavy atom. The van der Waals surface area contributed by atoms with E-state index in [1.165, 1.54) is 6.08 Å². The third-order valence-electron chi connectivity index (χ3n) is 2.44. The number of benzene rings is 1. The van der Waals surface area contributed by atoms with E-state index in [0.29, 0.717) is 22.2 Å². The average molecular weight is 297 g/mol. The maximum atomic E-state index is 11.8. The van der Waals surface area contributed by atoms with Crippen molar-refractivity contribution in [2.24, 2.45) is 0 Å². The van der Waals surface area contributed by atoms with E-state index in [0.717, 1.165) is 12.8 Å². The SMILES string of the molecule is CCCCNC(=O)/C(C#N)=C/c1ccc(Cl)cc1Cl. The van der Waals surface area contributed by atoms with Crippen LogP contribution in [0.4, 0.5) is 0 Å². The van der Waals surface area contributed by atoms with Crippen LogP contribution in [0.2, 0.25) is 10.0 Å². The lowest BCUT2D eigenvalue weighted by Crippen LogP contribution is -2.25. The van der Waals surface area contributed by atoms with Gasteiger partial charge in [-0.25, -0.2) is 0 Å². The van der Waals surface area contributed by atoms with Gasteiger partial charge in [0.15, 0.2) is 0 Å². The van der Waals surface area contributed by atoms with Crippen molar-refractivity contribution in [2.75, 3.05) is 6.54 Å². The summed E-state index contributed by atoms with van der Waals surface area (Å²) >= 11 is 11.8. The van der Waals surface area contributed by atoms with E-state index in [9.17, 15) is 4.79 Å². The molecule has 0 saturated carbocycles. The van der Waals surface area contributed by atoms with Gasteiger partial charge in [0, 0.05) is 16.6 Å². The zero-order valence-corrected chi connectivity index (χ0v) is 12.1. The predicted molar refractivity (Wildman–Crippen MR) is 78.0 cm³/mol. The van der Waals surface area contributed by atoms with Crippen molar-refractivity contribution in [3.8, 4) is 6.07 Å². The average Bonchev–Trinajstić information content (AvgIpc) is 2.38. The van der Waals surface area contributed by atoms with Crippen LogP contribution in [0.3, 0.4) is 0 Å². The Kier molecular flexibility index (Phi) is 6.41. The highest BCUT2D eigenvalue weighted by molar-refractivity contribution is 6.35. The minimum Gasteiger partial charge on any atom is -0.351 e. The number of amides is 1. The van der Waals surface area contributed by atoms with E-state index in [4.69, 9.17) is 28.5 Å². The Morgan fingerprint density at radius 1 is 1.47 bits per heavy atom. The highest BCUT2D eigenvalue weighted by Gasteiger charge is 2.09. The molecule has 100 valence electrons. The van der Waals surface area contributed by atoms with Crippen LogP contribution in [0, 0.1) is 11.3 Å². The Hall–Kier alpha value is -1.50. The first-order chi connectivity index (χ1) is 9.08. The van der Waals surface area contributed by atoms with E-state index in [-0.39, 0.29) is 11.5 Å². The predicted octanol–water partition coefficient (Wildman–Crippen LogP) is 3.82. The van der Waals surface area contributed by atoms with Gasteiger partial charge in [0.1, 0.15) is 11.6 Å². The van der Waals surface area contributed by atoms with Gasteiger partial charge in [0.2, 0.25) is 0 Å². The minimum absolute atomic E-state index is 0.0281. The lowest BCUT2D eigenvalue weighted by atomic mass is 10.1. The molecule has 3 nitrogen and oxygen atoms in total. The molecule has 1 amide bonds. The molecular formula is C14H14Cl2N2O. The molecule has 0 aliphatic rings. The molecule has 5 heteroatoms. The molecule has 1 N–H and O–H groups in total. The van der Waals surface area contributed by atoms with Crippen LogP contribution in [-0.2, 0) is 4.79 Å². The Morgan fingerprint density at radius 2 is 2.21 bits per heavy atom. The first-order valence-electron chi connectivity index (χ1n) is 5.93. The summed E-state index contributed by atoms with van der Waals surface area (Å²) in [7, 11) is 0. The summed E-state index contributed by atoms with van der Waals surface area (Å²) in [5.41, 5.74) is 0.619. The molecule has 0 bridgehead atoms. The van der Waals surface area contributed by atoms with E-state index in [1.807, 2.05) is 13.0 Å². The van der Waals surface area contributed by atoms with Crippen LogP contribution in [0.5, 0.6) is 0 Å². The summed E-state index contributed by atoms with van der Waals surface area (Å²) < 4.78 is 0. The number of nitriles is 1. The second-order valence-corrected chi connectivity index (χ2v) is 4.79. The summed E-state index contributed by atoms with van der Waals surface area (Å²) in [5, 5.41) is 12.6. The molecule has 0 unspecified atom stereocenters. The molecule has 0 aliphatic heterocycles. The quantitative estimate of drug-likeness (QED) is 0.510. The molecule has 0 fully saturated rings. The molecule has 0 heterocycles. The second-order valence-electron chi connectivity index (χ2n) is 3.95. The highest BCUT2D eigenvalue weighted by atomic mass is 35.5. The second kappa shape index (κ2) is 7.83. The number of nitrogens with zero attached hydrogens (tertiary/aromatic N) is 1. The minimum atomic E-state index is -0.387. The number of halogens is 2. The van der Waals surface area contributed by atoms with Crippen molar-refractivity contribution in [3.63, 3.8) is 0 Å². The molecular weight excluding hydrogens is 283 g/mol. The van der Waals surface area contributed by atoms with Gasteiger partial charge >= 0.3 is 0 Å². The molecule has 1 aromatic rings. The molecule has 0 radical (unpaired) electrons. The molecule has 1 aromatic carbocycles. The normalized spacial score (nSPS) is 10.9. The van der Waals surface area contributed by atoms with E-state index < -0.39 is 0 Å². The first kappa shape index (κ1) is 15.6. The molecule has 0 aromatic heterocycles. The Bertz CT molecular complexity index is 533. The first-order valence-corrected chi connectivity index (χ1v) is 6.69. The van der Waals surface area contributed by atoms with E-state index in [2.05, 4.69) is 5.32 Å². The van der Waals surface area contributed by atoms with Crippen molar-refractivity contribution in [2.45, 2.75) is 19.8 Å². The third kappa shape index (κ3) is 4.94. The van der Waals surface area contributed by atoms with Crippen LogP contribution in [0.25, 0.3) is 6.08 Å². The number of rotatable bonds is 5. The van der Waals surface area contributed by atoms with Gasteiger partial charge in [-0.2, -0.15) is 5.26 Å². The van der Waals surface area contributed by atoms with Crippen molar-refractivity contribution in [1.82, 2.24) is 5.32 Å². The molecule has 0 saturated heterocycles. The van der Waals surface area contributed by atoms with Crippen molar-refractivity contribution in [3.05, 3.63) is 39.4 Å². The van der Waals surface area contributed by atoms with Crippen LogP contribution >= 0.6 is 23.2 Å². The number of hydrogen-bond acceptors (Lipinski definition) is 2. The maximum absolute atomic E-state index is 11.8. The summed E-state index contributed by atoms with van der Waals surface area (Å²) in [6, 6.07) is 6.77. The van der Waals surface area contributed by atoms with E-state index in [1.54, 1.807) is 18.2 Å². The standard InChI is InChI=1S/C14H14Cl2N2O/c1-2-3-6-18-14(19)11(9-17)7-10-4-5-12(15)8-13(10)16/h4-5,7-8H,2-3,6H2,1H3,(H,18,19)/b11-7+. The van der Waals surface area contributed by atoms with Crippen LogP contribution in [0.15, 0.2) is 23.8 Å². The molecule has 0 atom stereocenters. The lowest BCUT2D eigenvalue weighted by Gasteiger charge is -2.04.